The summed E-state index contributed by atoms with van der Waals surface area (Å²) < 4.78 is 0.992. The number of carbonyl (C=O) groups excluding carboxylic acids is 1. The van der Waals surface area contributed by atoms with E-state index in [0.29, 0.717) is 5.56 Å². The van der Waals surface area contributed by atoms with E-state index in [2.05, 4.69) is 4.98 Å². The minimum Gasteiger partial charge on any atom is -0.366 e. The van der Waals surface area contributed by atoms with E-state index in [-0.39, 0.29) is 12.4 Å². The molecule has 1 aromatic heterocycles. The fraction of sp³-hybridized carbons (Fsp3) is 0. The predicted molar refractivity (Wildman–Crippen MR) is 55.4 cm³/mol. The van der Waals surface area contributed by atoms with Gasteiger partial charge in [0.1, 0.15) is 0 Å². The maximum atomic E-state index is 10.8. The summed E-state index contributed by atoms with van der Waals surface area (Å²) in [6, 6.07) is 5.24. The highest BCUT2D eigenvalue weighted by Gasteiger charge is 2.02. The summed E-state index contributed by atoms with van der Waals surface area (Å²) in [6.45, 7) is 0. The Labute approximate surface area is 85.0 Å². The Kier molecular flexibility index (Phi) is 2.85. The molecule has 0 aliphatic carbocycles. The molecule has 2 rings (SSSR count). The Balaban J connectivity index is 0.000000845. The van der Waals surface area contributed by atoms with E-state index < -0.39 is 5.91 Å². The fourth-order valence-electron chi connectivity index (χ4n) is 1.01. The maximum absolute atomic E-state index is 10.8. The molecule has 13 heavy (non-hydrogen) atoms. The number of nitrogens with zero attached hydrogens (tertiary/aromatic N) is 1. The van der Waals surface area contributed by atoms with Gasteiger partial charge in [0.05, 0.1) is 15.7 Å². The normalized spacial score (nSPS) is 9.54. The van der Waals surface area contributed by atoms with Crippen LogP contribution in [0.4, 0.5) is 0 Å². The molecule has 1 heterocycles. The lowest BCUT2D eigenvalue weighted by Gasteiger charge is -1.92. The lowest BCUT2D eigenvalue weighted by molar-refractivity contribution is 0.100. The first-order valence-electron chi connectivity index (χ1n) is 3.40. The van der Waals surface area contributed by atoms with Gasteiger partial charge in [0.2, 0.25) is 5.91 Å². The Hall–Kier alpha value is -1.13. The number of thiazole rings is 1. The smallest absolute Gasteiger partial charge is 0.248 e. The van der Waals surface area contributed by atoms with E-state index in [1.807, 2.05) is 0 Å². The van der Waals surface area contributed by atoms with E-state index in [1.54, 1.807) is 23.7 Å². The summed E-state index contributed by atoms with van der Waals surface area (Å²) in [4.78, 5) is 14.9. The number of amides is 1. The topological polar surface area (TPSA) is 56.0 Å². The third-order valence-electron chi connectivity index (χ3n) is 1.62. The number of primary amides is 1. The molecule has 2 aromatic rings. The van der Waals surface area contributed by atoms with Crippen molar-refractivity contribution in [2.75, 3.05) is 0 Å². The molecule has 0 bridgehead atoms. The molecular formula is C8H7ClN2OS. The predicted octanol–water partition coefficient (Wildman–Crippen LogP) is 1.82. The molecule has 0 aliphatic heterocycles. The van der Waals surface area contributed by atoms with Gasteiger partial charge in [-0.1, -0.05) is 0 Å². The zero-order chi connectivity index (χ0) is 8.55. The standard InChI is InChI=1S/C8H6N2OS.ClH/c9-8(11)5-1-2-6-7(3-5)12-4-10-6;/h1-4H,(H2,9,11);1H. The average Bonchev–Trinajstić information content (AvgIpc) is 2.49. The van der Waals surface area contributed by atoms with E-state index in [0.717, 1.165) is 10.2 Å². The van der Waals surface area contributed by atoms with Crippen LogP contribution in [0.5, 0.6) is 0 Å². The van der Waals surface area contributed by atoms with Crippen molar-refractivity contribution in [2.24, 2.45) is 5.73 Å². The number of benzene rings is 1. The lowest BCUT2D eigenvalue weighted by atomic mass is 10.2. The molecule has 5 heteroatoms. The molecule has 0 aliphatic rings. The molecule has 0 radical (unpaired) electrons. The van der Waals surface area contributed by atoms with Crippen LogP contribution in [0.3, 0.4) is 0 Å². The molecule has 1 aromatic carbocycles. The summed E-state index contributed by atoms with van der Waals surface area (Å²) >= 11 is 1.50. The molecule has 2 N–H and O–H groups in total. The number of hydrogen-bond acceptors (Lipinski definition) is 3. The maximum Gasteiger partial charge on any atom is 0.248 e. The first-order valence-corrected chi connectivity index (χ1v) is 4.28. The zero-order valence-electron chi connectivity index (χ0n) is 6.56. The zero-order valence-corrected chi connectivity index (χ0v) is 8.19. The third kappa shape index (κ3) is 1.79. The Morgan fingerprint density at radius 1 is 1.46 bits per heavy atom. The molecule has 0 spiro atoms. The fourth-order valence-corrected chi connectivity index (χ4v) is 1.72. The van der Waals surface area contributed by atoms with E-state index in [1.165, 1.54) is 11.3 Å². The van der Waals surface area contributed by atoms with Crippen molar-refractivity contribution >= 4 is 39.9 Å². The van der Waals surface area contributed by atoms with Crippen molar-refractivity contribution in [1.29, 1.82) is 0 Å². The molecule has 0 fully saturated rings. The molecule has 0 atom stereocenters. The van der Waals surface area contributed by atoms with Crippen LogP contribution < -0.4 is 5.73 Å². The van der Waals surface area contributed by atoms with Gasteiger partial charge in [0.25, 0.3) is 0 Å². The van der Waals surface area contributed by atoms with Crippen LogP contribution in [-0.4, -0.2) is 10.9 Å². The third-order valence-corrected chi connectivity index (χ3v) is 2.41. The van der Waals surface area contributed by atoms with Gasteiger partial charge in [-0.05, 0) is 18.2 Å². The summed E-state index contributed by atoms with van der Waals surface area (Å²) in [5, 5.41) is 0. The quantitative estimate of drug-likeness (QED) is 0.787. The minimum atomic E-state index is -0.398. The molecular weight excluding hydrogens is 208 g/mol. The summed E-state index contributed by atoms with van der Waals surface area (Å²) in [5.74, 6) is -0.398. The number of hydrogen-bond donors (Lipinski definition) is 1. The largest absolute Gasteiger partial charge is 0.366 e. The Morgan fingerprint density at radius 3 is 2.92 bits per heavy atom. The highest BCUT2D eigenvalue weighted by molar-refractivity contribution is 7.16. The van der Waals surface area contributed by atoms with Crippen molar-refractivity contribution in [3.63, 3.8) is 0 Å². The number of fused-ring (bicyclic) bond motifs is 1. The van der Waals surface area contributed by atoms with Crippen LogP contribution in [0.2, 0.25) is 0 Å². The number of carbonyl (C=O) groups is 1. The first kappa shape index (κ1) is 9.95. The van der Waals surface area contributed by atoms with Gasteiger partial charge >= 0.3 is 0 Å². The van der Waals surface area contributed by atoms with Crippen molar-refractivity contribution < 1.29 is 4.79 Å². The van der Waals surface area contributed by atoms with Crippen LogP contribution in [0.1, 0.15) is 10.4 Å². The lowest BCUT2D eigenvalue weighted by Crippen LogP contribution is -2.10. The second-order valence-electron chi connectivity index (χ2n) is 2.40. The van der Waals surface area contributed by atoms with E-state index in [4.69, 9.17) is 5.73 Å². The van der Waals surface area contributed by atoms with Crippen LogP contribution >= 0.6 is 23.7 Å². The summed E-state index contributed by atoms with van der Waals surface area (Å²) in [6.07, 6.45) is 0. The summed E-state index contributed by atoms with van der Waals surface area (Å²) in [5.41, 5.74) is 8.31. The van der Waals surface area contributed by atoms with Crippen LogP contribution in [0.15, 0.2) is 23.7 Å². The van der Waals surface area contributed by atoms with Crippen molar-refractivity contribution in [2.45, 2.75) is 0 Å². The molecule has 0 saturated carbocycles. The van der Waals surface area contributed by atoms with Gasteiger partial charge in [-0.3, -0.25) is 4.79 Å². The van der Waals surface area contributed by atoms with Gasteiger partial charge in [-0.2, -0.15) is 0 Å². The number of halogens is 1. The van der Waals surface area contributed by atoms with Gasteiger partial charge in [0.15, 0.2) is 0 Å². The van der Waals surface area contributed by atoms with Gasteiger partial charge < -0.3 is 5.73 Å². The van der Waals surface area contributed by atoms with E-state index >= 15 is 0 Å². The molecule has 68 valence electrons. The Morgan fingerprint density at radius 2 is 2.23 bits per heavy atom. The molecule has 0 saturated heterocycles. The van der Waals surface area contributed by atoms with Gasteiger partial charge in [-0.15, -0.1) is 23.7 Å². The molecule has 1 amide bonds. The van der Waals surface area contributed by atoms with Gasteiger partial charge in [-0.25, -0.2) is 4.98 Å². The summed E-state index contributed by atoms with van der Waals surface area (Å²) in [7, 11) is 0. The highest BCUT2D eigenvalue weighted by atomic mass is 35.5. The first-order chi connectivity index (χ1) is 5.77. The van der Waals surface area contributed by atoms with Crippen molar-refractivity contribution in [1.82, 2.24) is 4.98 Å². The number of aromatic nitrogens is 1. The van der Waals surface area contributed by atoms with E-state index in [9.17, 15) is 4.79 Å². The number of rotatable bonds is 1. The van der Waals surface area contributed by atoms with Crippen LogP contribution in [-0.2, 0) is 0 Å². The van der Waals surface area contributed by atoms with Crippen molar-refractivity contribution in [3.8, 4) is 0 Å². The minimum absolute atomic E-state index is 0. The van der Waals surface area contributed by atoms with Crippen molar-refractivity contribution in [3.05, 3.63) is 29.3 Å². The van der Waals surface area contributed by atoms with Crippen LogP contribution in [0.25, 0.3) is 10.2 Å². The second-order valence-corrected chi connectivity index (χ2v) is 3.29. The average molecular weight is 215 g/mol. The highest BCUT2D eigenvalue weighted by Crippen LogP contribution is 2.18. The van der Waals surface area contributed by atoms with Gasteiger partial charge in [0, 0.05) is 5.56 Å². The molecule has 3 nitrogen and oxygen atoms in total. The second kappa shape index (κ2) is 3.72. The number of nitrogens with two attached hydrogens (primary N) is 1. The van der Waals surface area contributed by atoms with Crippen LogP contribution in [0, 0.1) is 0 Å². The molecule has 0 unspecified atom stereocenters. The SMILES string of the molecule is Cl.NC(=O)c1ccc2ncsc2c1. The Bertz CT molecular complexity index is 440. The monoisotopic (exact) mass is 214 g/mol.